The number of hydrogen-bond donors (Lipinski definition) is 2. The van der Waals surface area contributed by atoms with E-state index in [0.29, 0.717) is 11.5 Å². The van der Waals surface area contributed by atoms with E-state index in [2.05, 4.69) is 33.8 Å². The highest BCUT2D eigenvalue weighted by Crippen LogP contribution is 2.20. The Balaban J connectivity index is 3.17. The van der Waals surface area contributed by atoms with E-state index in [1.54, 1.807) is 0 Å². The molecule has 21 heavy (non-hydrogen) atoms. The van der Waals surface area contributed by atoms with Crippen molar-refractivity contribution in [3.8, 4) is 0 Å². The van der Waals surface area contributed by atoms with Gasteiger partial charge in [0.15, 0.2) is 5.84 Å². The van der Waals surface area contributed by atoms with Gasteiger partial charge in [0.25, 0.3) is 0 Å². The normalized spacial score (nSPS) is 12.2. The van der Waals surface area contributed by atoms with Crippen LogP contribution < -0.4 is 10.6 Å². The number of hydrogen-bond acceptors (Lipinski definition) is 5. The van der Waals surface area contributed by atoms with Gasteiger partial charge in [0.1, 0.15) is 5.82 Å². The van der Waals surface area contributed by atoms with Gasteiger partial charge in [0, 0.05) is 25.3 Å². The van der Waals surface area contributed by atoms with Crippen LogP contribution in [0.5, 0.6) is 0 Å². The van der Waals surface area contributed by atoms with Gasteiger partial charge in [-0.1, -0.05) is 19.0 Å². The van der Waals surface area contributed by atoms with Crippen molar-refractivity contribution in [1.82, 2.24) is 9.88 Å². The molecule has 6 nitrogen and oxygen atoms in total. The molecule has 1 aromatic heterocycles. The second kappa shape index (κ2) is 7.83. The van der Waals surface area contributed by atoms with Crippen LogP contribution in [0.15, 0.2) is 17.3 Å². The summed E-state index contributed by atoms with van der Waals surface area (Å²) in [5.74, 6) is 1.37. The molecule has 0 fully saturated rings. The number of oxime groups is 1. The number of aryl methyl sites for hydroxylation is 1. The molecular formula is C15H27N5O. The minimum Gasteiger partial charge on any atom is -0.409 e. The molecule has 0 aliphatic rings. The quantitative estimate of drug-likeness (QED) is 0.345. The number of aromatic nitrogens is 1. The van der Waals surface area contributed by atoms with Gasteiger partial charge in [-0.05, 0) is 39.1 Å². The van der Waals surface area contributed by atoms with E-state index in [1.807, 2.05) is 33.2 Å². The fourth-order valence-corrected chi connectivity index (χ4v) is 2.08. The maximum atomic E-state index is 8.97. The number of nitrogens with two attached hydrogens (primary N) is 1. The van der Waals surface area contributed by atoms with Crippen LogP contribution in [0, 0.1) is 12.8 Å². The Morgan fingerprint density at radius 3 is 2.52 bits per heavy atom. The molecule has 0 saturated carbocycles. The lowest BCUT2D eigenvalue weighted by atomic mass is 10.1. The zero-order chi connectivity index (χ0) is 16.0. The molecule has 0 bridgehead atoms. The molecule has 0 aliphatic heterocycles. The molecule has 0 atom stereocenters. The third kappa shape index (κ3) is 5.23. The summed E-state index contributed by atoms with van der Waals surface area (Å²) in [6.07, 6.45) is 0. The van der Waals surface area contributed by atoms with Crippen LogP contribution in [-0.4, -0.2) is 54.7 Å². The summed E-state index contributed by atoms with van der Waals surface area (Å²) in [6, 6.07) is 3.73. The number of pyridine rings is 1. The first-order valence-corrected chi connectivity index (χ1v) is 7.20. The van der Waals surface area contributed by atoms with E-state index >= 15 is 0 Å². The highest BCUT2D eigenvalue weighted by atomic mass is 16.4. The highest BCUT2D eigenvalue weighted by molar-refractivity contribution is 6.01. The molecule has 0 radical (unpaired) electrons. The van der Waals surface area contributed by atoms with Crippen LogP contribution in [0.3, 0.4) is 0 Å². The van der Waals surface area contributed by atoms with Crippen LogP contribution in [0.2, 0.25) is 0 Å². The molecule has 0 saturated heterocycles. The SMILES string of the molecule is Cc1ccc(C(N)=NO)c(N(CCN(C)C)CC(C)C)n1. The lowest BCUT2D eigenvalue weighted by Gasteiger charge is -2.29. The first kappa shape index (κ1) is 17.2. The van der Waals surface area contributed by atoms with Gasteiger partial charge in [-0.3, -0.25) is 0 Å². The largest absolute Gasteiger partial charge is 0.409 e. The highest BCUT2D eigenvalue weighted by Gasteiger charge is 2.17. The van der Waals surface area contributed by atoms with Crippen molar-refractivity contribution in [1.29, 1.82) is 0 Å². The second-order valence-corrected chi connectivity index (χ2v) is 5.95. The van der Waals surface area contributed by atoms with E-state index < -0.39 is 0 Å². The van der Waals surface area contributed by atoms with Crippen LogP contribution in [0.4, 0.5) is 5.82 Å². The summed E-state index contributed by atoms with van der Waals surface area (Å²) in [6.45, 7) is 8.91. The smallest absolute Gasteiger partial charge is 0.173 e. The molecule has 0 spiro atoms. The molecule has 0 aliphatic carbocycles. The fourth-order valence-electron chi connectivity index (χ4n) is 2.08. The number of rotatable bonds is 7. The molecule has 6 heteroatoms. The zero-order valence-corrected chi connectivity index (χ0v) is 13.7. The summed E-state index contributed by atoms with van der Waals surface area (Å²) in [4.78, 5) is 8.94. The maximum Gasteiger partial charge on any atom is 0.173 e. The Labute approximate surface area is 127 Å². The van der Waals surface area contributed by atoms with Crippen molar-refractivity contribution in [3.05, 3.63) is 23.4 Å². The van der Waals surface area contributed by atoms with E-state index in [1.165, 1.54) is 0 Å². The molecule has 0 amide bonds. The van der Waals surface area contributed by atoms with Gasteiger partial charge in [0.2, 0.25) is 0 Å². The number of anilines is 1. The van der Waals surface area contributed by atoms with Crippen LogP contribution in [-0.2, 0) is 0 Å². The van der Waals surface area contributed by atoms with E-state index in [4.69, 9.17) is 10.9 Å². The Bertz CT molecular complexity index is 485. The van der Waals surface area contributed by atoms with Crippen molar-refractivity contribution >= 4 is 11.7 Å². The number of amidine groups is 1. The number of likely N-dealkylation sites (N-methyl/N-ethyl adjacent to an activating group) is 1. The Morgan fingerprint density at radius 2 is 2.00 bits per heavy atom. The molecule has 0 aromatic carbocycles. The predicted molar refractivity (Wildman–Crippen MR) is 87.1 cm³/mol. The van der Waals surface area contributed by atoms with Gasteiger partial charge in [-0.2, -0.15) is 0 Å². The Morgan fingerprint density at radius 1 is 1.33 bits per heavy atom. The van der Waals surface area contributed by atoms with Crippen molar-refractivity contribution in [2.24, 2.45) is 16.8 Å². The topological polar surface area (TPSA) is 78.0 Å². The van der Waals surface area contributed by atoms with Crippen LogP contribution in [0.25, 0.3) is 0 Å². The first-order valence-electron chi connectivity index (χ1n) is 7.20. The first-order chi connectivity index (χ1) is 9.85. The van der Waals surface area contributed by atoms with Gasteiger partial charge in [-0.25, -0.2) is 4.98 Å². The molecule has 1 heterocycles. The van der Waals surface area contributed by atoms with E-state index in [9.17, 15) is 0 Å². The third-order valence-electron chi connectivity index (χ3n) is 3.10. The van der Waals surface area contributed by atoms with Gasteiger partial charge in [-0.15, -0.1) is 0 Å². The van der Waals surface area contributed by atoms with Gasteiger partial charge in [0.05, 0.1) is 5.56 Å². The maximum absolute atomic E-state index is 8.97. The molecule has 1 rings (SSSR count). The van der Waals surface area contributed by atoms with Crippen LogP contribution in [0.1, 0.15) is 25.1 Å². The average Bonchev–Trinajstić information content (AvgIpc) is 2.42. The summed E-state index contributed by atoms with van der Waals surface area (Å²) < 4.78 is 0. The summed E-state index contributed by atoms with van der Waals surface area (Å²) in [5, 5.41) is 12.1. The van der Waals surface area contributed by atoms with Crippen LogP contribution >= 0.6 is 0 Å². The minimum absolute atomic E-state index is 0.0936. The predicted octanol–water partition coefficient (Wildman–Crippen LogP) is 1.51. The van der Waals surface area contributed by atoms with Crippen molar-refractivity contribution < 1.29 is 5.21 Å². The summed E-state index contributed by atoms with van der Waals surface area (Å²) in [5.41, 5.74) is 7.38. The average molecular weight is 293 g/mol. The fraction of sp³-hybridized carbons (Fsp3) is 0.600. The summed E-state index contributed by atoms with van der Waals surface area (Å²) in [7, 11) is 4.09. The second-order valence-electron chi connectivity index (χ2n) is 5.95. The van der Waals surface area contributed by atoms with Crippen molar-refractivity contribution in [3.63, 3.8) is 0 Å². The molecule has 1 aromatic rings. The van der Waals surface area contributed by atoms with Gasteiger partial charge >= 0.3 is 0 Å². The molecule has 3 N–H and O–H groups in total. The monoisotopic (exact) mass is 293 g/mol. The zero-order valence-electron chi connectivity index (χ0n) is 13.7. The molecule has 118 valence electrons. The third-order valence-corrected chi connectivity index (χ3v) is 3.10. The van der Waals surface area contributed by atoms with Crippen molar-refractivity contribution in [2.45, 2.75) is 20.8 Å². The molecular weight excluding hydrogens is 266 g/mol. The standard InChI is InChI=1S/C15H27N5O/c1-11(2)10-20(9-8-19(4)5)15-13(14(16)18-21)7-6-12(3)17-15/h6-7,11,21H,8-10H2,1-5H3,(H2,16,18). The minimum atomic E-state index is 0.0936. The van der Waals surface area contributed by atoms with E-state index in [0.717, 1.165) is 31.1 Å². The lowest BCUT2D eigenvalue weighted by molar-refractivity contribution is 0.318. The summed E-state index contributed by atoms with van der Waals surface area (Å²) >= 11 is 0. The number of nitrogens with zero attached hydrogens (tertiary/aromatic N) is 4. The Kier molecular flexibility index (Phi) is 6.42. The molecule has 0 unspecified atom stereocenters. The van der Waals surface area contributed by atoms with E-state index in [-0.39, 0.29) is 5.84 Å². The Hall–Kier alpha value is -1.82. The van der Waals surface area contributed by atoms with Gasteiger partial charge < -0.3 is 20.7 Å². The lowest BCUT2D eigenvalue weighted by Crippen LogP contribution is -2.36. The van der Waals surface area contributed by atoms with Crippen molar-refractivity contribution in [2.75, 3.05) is 38.6 Å².